The van der Waals surface area contributed by atoms with Crippen molar-refractivity contribution in [3.63, 3.8) is 0 Å². The highest BCUT2D eigenvalue weighted by atomic mass is 19.4. The molecule has 21 heavy (non-hydrogen) atoms. The Morgan fingerprint density at radius 2 is 2.19 bits per heavy atom. The first kappa shape index (κ1) is 16.1. The van der Waals surface area contributed by atoms with E-state index in [9.17, 15) is 13.2 Å². The van der Waals surface area contributed by atoms with E-state index in [1.54, 1.807) is 0 Å². The van der Waals surface area contributed by atoms with Gasteiger partial charge in [0.1, 0.15) is 5.82 Å². The van der Waals surface area contributed by atoms with Crippen molar-refractivity contribution in [1.29, 1.82) is 0 Å². The first-order valence-corrected chi connectivity index (χ1v) is 7.34. The zero-order valence-electron chi connectivity index (χ0n) is 12.5. The van der Waals surface area contributed by atoms with E-state index in [1.807, 2.05) is 0 Å². The molecule has 3 nitrogen and oxygen atoms in total. The topological polar surface area (TPSA) is 28.2 Å². The molecule has 1 aromatic heterocycles. The van der Waals surface area contributed by atoms with Crippen LogP contribution in [0.2, 0.25) is 0 Å². The van der Waals surface area contributed by atoms with Crippen LogP contribution in [0.25, 0.3) is 0 Å². The molecular formula is C15H22F3N3. The molecule has 1 aromatic rings. The molecule has 1 fully saturated rings. The van der Waals surface area contributed by atoms with Gasteiger partial charge in [0, 0.05) is 25.8 Å². The Balaban J connectivity index is 1.90. The fraction of sp³-hybridized carbons (Fsp3) is 0.667. The normalized spacial score (nSPS) is 20.2. The number of nitrogens with zero attached hydrogens (tertiary/aromatic N) is 2. The zero-order valence-corrected chi connectivity index (χ0v) is 12.5. The van der Waals surface area contributed by atoms with Crippen molar-refractivity contribution in [2.75, 3.05) is 31.5 Å². The molecule has 1 saturated heterocycles. The first-order valence-electron chi connectivity index (χ1n) is 7.34. The number of alkyl halides is 3. The molecule has 0 saturated carbocycles. The van der Waals surface area contributed by atoms with Gasteiger partial charge in [-0.1, -0.05) is 13.8 Å². The van der Waals surface area contributed by atoms with Crippen molar-refractivity contribution in [2.45, 2.75) is 26.4 Å². The summed E-state index contributed by atoms with van der Waals surface area (Å²) in [5, 5.41) is 2.88. The monoisotopic (exact) mass is 301 g/mol. The molecule has 1 N–H and O–H groups in total. The lowest BCUT2D eigenvalue weighted by Crippen LogP contribution is -2.27. The summed E-state index contributed by atoms with van der Waals surface area (Å²) >= 11 is 0. The van der Waals surface area contributed by atoms with Gasteiger partial charge in [-0.15, -0.1) is 0 Å². The highest BCUT2D eigenvalue weighted by Gasteiger charge is 2.34. The van der Waals surface area contributed by atoms with E-state index in [1.165, 1.54) is 12.3 Å². The van der Waals surface area contributed by atoms with Crippen LogP contribution in [0.5, 0.6) is 0 Å². The maximum Gasteiger partial charge on any atom is 0.419 e. The van der Waals surface area contributed by atoms with Crippen LogP contribution >= 0.6 is 0 Å². The second-order valence-electron chi connectivity index (χ2n) is 6.09. The van der Waals surface area contributed by atoms with Crippen LogP contribution in [-0.4, -0.2) is 36.1 Å². The van der Waals surface area contributed by atoms with Crippen LogP contribution in [0.4, 0.5) is 19.0 Å². The van der Waals surface area contributed by atoms with E-state index in [0.717, 1.165) is 32.1 Å². The summed E-state index contributed by atoms with van der Waals surface area (Å²) in [5.41, 5.74) is -0.693. The molecular weight excluding hydrogens is 279 g/mol. The molecule has 2 heterocycles. The summed E-state index contributed by atoms with van der Waals surface area (Å²) in [4.78, 5) is 6.20. The molecule has 0 aliphatic carbocycles. The summed E-state index contributed by atoms with van der Waals surface area (Å²) in [6.07, 6.45) is -1.96. The molecule has 1 aliphatic rings. The first-order chi connectivity index (χ1) is 9.86. The van der Waals surface area contributed by atoms with Crippen LogP contribution < -0.4 is 5.32 Å². The smallest absolute Gasteiger partial charge is 0.369 e. The second-order valence-corrected chi connectivity index (χ2v) is 6.09. The predicted octanol–water partition coefficient (Wildman–Crippen LogP) is 3.49. The van der Waals surface area contributed by atoms with Crippen molar-refractivity contribution in [3.05, 3.63) is 23.9 Å². The molecule has 118 valence electrons. The molecule has 1 unspecified atom stereocenters. The highest BCUT2D eigenvalue weighted by molar-refractivity contribution is 5.45. The number of likely N-dealkylation sites (tertiary alicyclic amines) is 1. The summed E-state index contributed by atoms with van der Waals surface area (Å²) in [6, 6.07) is 2.38. The Kier molecular flexibility index (Phi) is 5.08. The molecule has 0 radical (unpaired) electrons. The Labute approximate surface area is 123 Å². The minimum atomic E-state index is -4.37. The highest BCUT2D eigenvalue weighted by Crippen LogP contribution is 2.33. The molecule has 6 heteroatoms. The van der Waals surface area contributed by atoms with Gasteiger partial charge in [0.15, 0.2) is 0 Å². The van der Waals surface area contributed by atoms with Gasteiger partial charge < -0.3 is 10.2 Å². The number of pyridine rings is 1. The fourth-order valence-corrected chi connectivity index (χ4v) is 2.78. The summed E-state index contributed by atoms with van der Waals surface area (Å²) in [5.74, 6) is 0.934. The molecule has 2 rings (SSSR count). The summed E-state index contributed by atoms with van der Waals surface area (Å²) in [7, 11) is 0. The molecule has 1 atom stereocenters. The lowest BCUT2D eigenvalue weighted by atomic mass is 10.1. The van der Waals surface area contributed by atoms with Gasteiger partial charge in [0.25, 0.3) is 0 Å². The van der Waals surface area contributed by atoms with Gasteiger partial charge in [0.05, 0.1) is 5.56 Å². The average molecular weight is 301 g/mol. The lowest BCUT2D eigenvalue weighted by molar-refractivity contribution is -0.137. The lowest BCUT2D eigenvalue weighted by Gasteiger charge is -2.19. The number of rotatable bonds is 5. The SMILES string of the molecule is CC(C)CN1CCC(CNc2ncccc2C(F)(F)F)C1. The average Bonchev–Trinajstić information content (AvgIpc) is 2.82. The predicted molar refractivity (Wildman–Crippen MR) is 77.1 cm³/mol. The van der Waals surface area contributed by atoms with Crippen molar-refractivity contribution >= 4 is 5.82 Å². The van der Waals surface area contributed by atoms with Gasteiger partial charge in [0.2, 0.25) is 0 Å². The quantitative estimate of drug-likeness (QED) is 0.902. The van der Waals surface area contributed by atoms with E-state index < -0.39 is 11.7 Å². The van der Waals surface area contributed by atoms with Crippen molar-refractivity contribution in [1.82, 2.24) is 9.88 Å². The van der Waals surface area contributed by atoms with E-state index in [4.69, 9.17) is 0 Å². The van der Waals surface area contributed by atoms with Crippen LogP contribution in [-0.2, 0) is 6.18 Å². The summed E-state index contributed by atoms with van der Waals surface area (Å²) in [6.45, 7) is 7.91. The Bertz CT molecular complexity index is 460. The number of aromatic nitrogens is 1. The van der Waals surface area contributed by atoms with Gasteiger partial charge in [-0.3, -0.25) is 0 Å². The largest absolute Gasteiger partial charge is 0.419 e. The van der Waals surface area contributed by atoms with Gasteiger partial charge in [-0.05, 0) is 36.9 Å². The van der Waals surface area contributed by atoms with Crippen molar-refractivity contribution in [2.24, 2.45) is 11.8 Å². The van der Waals surface area contributed by atoms with Gasteiger partial charge >= 0.3 is 6.18 Å². The number of nitrogens with one attached hydrogen (secondary N) is 1. The summed E-state index contributed by atoms with van der Waals surface area (Å²) < 4.78 is 38.6. The standard InChI is InChI=1S/C15H22F3N3/c1-11(2)9-21-7-5-12(10-21)8-20-14-13(15(16,17)18)4-3-6-19-14/h3-4,6,11-12H,5,7-10H2,1-2H3,(H,19,20). The third-order valence-corrected chi connectivity index (χ3v) is 3.66. The Hall–Kier alpha value is -1.30. The molecule has 0 spiro atoms. The van der Waals surface area contributed by atoms with Gasteiger partial charge in [-0.2, -0.15) is 13.2 Å². The van der Waals surface area contributed by atoms with E-state index in [-0.39, 0.29) is 5.82 Å². The molecule has 0 amide bonds. The Morgan fingerprint density at radius 1 is 1.43 bits per heavy atom. The van der Waals surface area contributed by atoms with Crippen LogP contribution in [0.1, 0.15) is 25.8 Å². The third kappa shape index (κ3) is 4.59. The number of anilines is 1. The molecule has 1 aliphatic heterocycles. The maximum absolute atomic E-state index is 12.9. The van der Waals surface area contributed by atoms with Crippen LogP contribution in [0.15, 0.2) is 18.3 Å². The van der Waals surface area contributed by atoms with Crippen LogP contribution in [0, 0.1) is 11.8 Å². The van der Waals surface area contributed by atoms with Crippen LogP contribution in [0.3, 0.4) is 0 Å². The van der Waals surface area contributed by atoms with E-state index in [2.05, 4.69) is 29.0 Å². The number of hydrogen-bond acceptors (Lipinski definition) is 3. The fourth-order valence-electron chi connectivity index (χ4n) is 2.78. The van der Waals surface area contributed by atoms with Gasteiger partial charge in [-0.25, -0.2) is 4.98 Å². The van der Waals surface area contributed by atoms with E-state index in [0.29, 0.717) is 18.4 Å². The minimum absolute atomic E-state index is 0.0627. The van der Waals surface area contributed by atoms with E-state index >= 15 is 0 Å². The minimum Gasteiger partial charge on any atom is -0.369 e. The number of halogens is 3. The number of hydrogen-bond donors (Lipinski definition) is 1. The third-order valence-electron chi connectivity index (χ3n) is 3.66. The molecule has 0 aromatic carbocycles. The van der Waals surface area contributed by atoms with Crippen molar-refractivity contribution < 1.29 is 13.2 Å². The Morgan fingerprint density at radius 3 is 2.86 bits per heavy atom. The second kappa shape index (κ2) is 6.64. The maximum atomic E-state index is 12.9. The molecule has 0 bridgehead atoms. The zero-order chi connectivity index (χ0) is 15.5. The van der Waals surface area contributed by atoms with Crippen molar-refractivity contribution in [3.8, 4) is 0 Å².